The van der Waals surface area contributed by atoms with Crippen LogP contribution in [0.3, 0.4) is 0 Å². The van der Waals surface area contributed by atoms with Crippen molar-refractivity contribution < 1.29 is 9.47 Å². The van der Waals surface area contributed by atoms with Crippen molar-refractivity contribution in [3.8, 4) is 0 Å². The zero-order chi connectivity index (χ0) is 5.11. The SMILES string of the molecule is C=COCC1CO1.Cl. The largest absolute Gasteiger partial charge is 0.499 e. The summed E-state index contributed by atoms with van der Waals surface area (Å²) >= 11 is 0. The van der Waals surface area contributed by atoms with E-state index in [0.29, 0.717) is 12.7 Å². The number of hydrogen-bond acceptors (Lipinski definition) is 2. The average molecular weight is 137 g/mol. The first kappa shape index (κ1) is 7.79. The quantitative estimate of drug-likeness (QED) is 0.426. The first-order chi connectivity index (χ1) is 3.43. The standard InChI is InChI=1S/C5H8O2.ClH/c1-2-6-3-5-4-7-5;/h2,5H,1,3-4H2;1H. The molecule has 0 aromatic carbocycles. The molecule has 0 aromatic rings. The van der Waals surface area contributed by atoms with E-state index in [1.807, 2.05) is 0 Å². The van der Waals surface area contributed by atoms with Gasteiger partial charge in [-0.25, -0.2) is 0 Å². The molecule has 48 valence electrons. The summed E-state index contributed by atoms with van der Waals surface area (Å²) in [6, 6.07) is 0. The molecule has 1 unspecified atom stereocenters. The third-order valence-electron chi connectivity index (χ3n) is 0.802. The van der Waals surface area contributed by atoms with Crippen molar-refractivity contribution >= 4 is 12.4 Å². The van der Waals surface area contributed by atoms with Crippen LogP contribution in [0.15, 0.2) is 12.8 Å². The minimum Gasteiger partial charge on any atom is -0.499 e. The summed E-state index contributed by atoms with van der Waals surface area (Å²) in [5, 5.41) is 0. The normalized spacial score (nSPS) is 23.2. The number of ether oxygens (including phenoxy) is 2. The maximum atomic E-state index is 4.84. The van der Waals surface area contributed by atoms with Crippen molar-refractivity contribution in [1.82, 2.24) is 0 Å². The molecule has 1 atom stereocenters. The Hall–Kier alpha value is -0.210. The van der Waals surface area contributed by atoms with Crippen molar-refractivity contribution in [1.29, 1.82) is 0 Å². The molecule has 0 aromatic heterocycles. The molecule has 0 bridgehead atoms. The topological polar surface area (TPSA) is 21.8 Å². The lowest BCUT2D eigenvalue weighted by Crippen LogP contribution is -1.94. The van der Waals surface area contributed by atoms with Gasteiger partial charge in [-0.1, -0.05) is 6.58 Å². The van der Waals surface area contributed by atoms with Crippen LogP contribution in [0.1, 0.15) is 0 Å². The van der Waals surface area contributed by atoms with Gasteiger partial charge in [-0.15, -0.1) is 12.4 Å². The van der Waals surface area contributed by atoms with E-state index in [1.165, 1.54) is 6.26 Å². The zero-order valence-electron chi connectivity index (χ0n) is 4.50. The van der Waals surface area contributed by atoms with Crippen molar-refractivity contribution in [3.05, 3.63) is 12.8 Å². The van der Waals surface area contributed by atoms with Crippen molar-refractivity contribution in [2.24, 2.45) is 0 Å². The fourth-order valence-electron chi connectivity index (χ4n) is 0.340. The van der Waals surface area contributed by atoms with E-state index in [-0.39, 0.29) is 12.4 Å². The highest BCUT2D eigenvalue weighted by atomic mass is 35.5. The third-order valence-corrected chi connectivity index (χ3v) is 0.802. The van der Waals surface area contributed by atoms with Crippen LogP contribution in [0.2, 0.25) is 0 Å². The number of halogens is 1. The van der Waals surface area contributed by atoms with E-state index in [0.717, 1.165) is 6.61 Å². The molecule has 0 aliphatic carbocycles. The molecule has 0 spiro atoms. The van der Waals surface area contributed by atoms with E-state index in [9.17, 15) is 0 Å². The molecule has 1 rings (SSSR count). The molecule has 0 saturated carbocycles. The molecule has 1 fully saturated rings. The molecule has 3 heteroatoms. The van der Waals surface area contributed by atoms with Gasteiger partial charge < -0.3 is 9.47 Å². The summed E-state index contributed by atoms with van der Waals surface area (Å²) in [6.07, 6.45) is 1.79. The summed E-state index contributed by atoms with van der Waals surface area (Å²) in [7, 11) is 0. The Balaban J connectivity index is 0.000000490. The first-order valence-corrected chi connectivity index (χ1v) is 2.27. The second kappa shape index (κ2) is 3.75. The molecular formula is C5H9ClO2. The molecule has 0 N–H and O–H groups in total. The molecule has 1 aliphatic heterocycles. The van der Waals surface area contributed by atoms with E-state index < -0.39 is 0 Å². The van der Waals surface area contributed by atoms with Gasteiger partial charge in [0.1, 0.15) is 12.7 Å². The Morgan fingerprint density at radius 3 is 2.88 bits per heavy atom. The van der Waals surface area contributed by atoms with E-state index >= 15 is 0 Å². The molecule has 0 amide bonds. The van der Waals surface area contributed by atoms with Crippen LogP contribution in [0.25, 0.3) is 0 Å². The second-order valence-corrected chi connectivity index (χ2v) is 1.46. The van der Waals surface area contributed by atoms with Crippen LogP contribution in [0, 0.1) is 0 Å². The second-order valence-electron chi connectivity index (χ2n) is 1.46. The highest BCUT2D eigenvalue weighted by Gasteiger charge is 2.21. The van der Waals surface area contributed by atoms with Gasteiger partial charge in [0.25, 0.3) is 0 Å². The highest BCUT2D eigenvalue weighted by Crippen LogP contribution is 2.07. The summed E-state index contributed by atoms with van der Waals surface area (Å²) in [5.41, 5.74) is 0. The van der Waals surface area contributed by atoms with Crippen LogP contribution in [0.4, 0.5) is 0 Å². The van der Waals surface area contributed by atoms with E-state index in [1.54, 1.807) is 0 Å². The van der Waals surface area contributed by atoms with Crippen molar-refractivity contribution in [2.75, 3.05) is 13.2 Å². The predicted molar refractivity (Wildman–Crippen MR) is 33.1 cm³/mol. The Bertz CT molecular complexity index is 70.8. The maximum Gasteiger partial charge on any atom is 0.116 e. The fraction of sp³-hybridized carbons (Fsp3) is 0.600. The predicted octanol–water partition coefficient (Wildman–Crippen LogP) is 0.967. The Morgan fingerprint density at radius 2 is 2.50 bits per heavy atom. The Kier molecular flexibility index (Phi) is 3.65. The lowest BCUT2D eigenvalue weighted by atomic mass is 10.5. The molecule has 8 heavy (non-hydrogen) atoms. The summed E-state index contributed by atoms with van der Waals surface area (Å²) in [6.45, 7) is 4.91. The van der Waals surface area contributed by atoms with Gasteiger partial charge >= 0.3 is 0 Å². The lowest BCUT2D eigenvalue weighted by molar-refractivity contribution is 0.213. The van der Waals surface area contributed by atoms with Crippen LogP contribution in [0.5, 0.6) is 0 Å². The molecule has 1 heterocycles. The van der Waals surface area contributed by atoms with Crippen LogP contribution in [-0.2, 0) is 9.47 Å². The zero-order valence-corrected chi connectivity index (χ0v) is 5.32. The van der Waals surface area contributed by atoms with Gasteiger partial charge in [-0.2, -0.15) is 0 Å². The lowest BCUT2D eigenvalue weighted by Gasteiger charge is -1.90. The number of rotatable bonds is 3. The van der Waals surface area contributed by atoms with Gasteiger partial charge in [0.15, 0.2) is 0 Å². The highest BCUT2D eigenvalue weighted by molar-refractivity contribution is 5.85. The molecule has 2 nitrogen and oxygen atoms in total. The van der Waals surface area contributed by atoms with Crippen LogP contribution >= 0.6 is 12.4 Å². The van der Waals surface area contributed by atoms with E-state index in [2.05, 4.69) is 6.58 Å². The summed E-state index contributed by atoms with van der Waals surface area (Å²) in [5.74, 6) is 0. The van der Waals surface area contributed by atoms with Crippen LogP contribution < -0.4 is 0 Å². The monoisotopic (exact) mass is 136 g/mol. The average Bonchev–Trinajstić information content (AvgIpc) is 2.42. The van der Waals surface area contributed by atoms with Crippen LogP contribution in [-0.4, -0.2) is 19.3 Å². The van der Waals surface area contributed by atoms with Crippen molar-refractivity contribution in [3.63, 3.8) is 0 Å². The summed E-state index contributed by atoms with van der Waals surface area (Å²) in [4.78, 5) is 0. The van der Waals surface area contributed by atoms with Gasteiger partial charge in [0, 0.05) is 0 Å². The maximum absolute atomic E-state index is 4.84. The van der Waals surface area contributed by atoms with E-state index in [4.69, 9.17) is 9.47 Å². The smallest absolute Gasteiger partial charge is 0.116 e. The van der Waals surface area contributed by atoms with Gasteiger partial charge in [-0.05, 0) is 0 Å². The van der Waals surface area contributed by atoms with Gasteiger partial charge in [0.05, 0.1) is 12.9 Å². The first-order valence-electron chi connectivity index (χ1n) is 2.27. The molecule has 1 aliphatic rings. The van der Waals surface area contributed by atoms with Gasteiger partial charge in [-0.3, -0.25) is 0 Å². The molecular weight excluding hydrogens is 128 g/mol. The number of epoxide rings is 1. The molecule has 0 radical (unpaired) electrons. The fourth-order valence-corrected chi connectivity index (χ4v) is 0.340. The molecule has 1 saturated heterocycles. The Morgan fingerprint density at radius 1 is 1.88 bits per heavy atom. The van der Waals surface area contributed by atoms with Gasteiger partial charge in [0.2, 0.25) is 0 Å². The Labute approximate surface area is 54.9 Å². The number of hydrogen-bond donors (Lipinski definition) is 0. The van der Waals surface area contributed by atoms with Crippen molar-refractivity contribution in [2.45, 2.75) is 6.10 Å². The minimum absolute atomic E-state index is 0. The summed E-state index contributed by atoms with van der Waals surface area (Å²) < 4.78 is 9.63. The minimum atomic E-state index is 0. The third kappa shape index (κ3) is 2.88.